The van der Waals surface area contributed by atoms with Crippen molar-refractivity contribution in [2.75, 3.05) is 24.7 Å². The van der Waals surface area contributed by atoms with E-state index in [0.29, 0.717) is 30.5 Å². The van der Waals surface area contributed by atoms with Crippen molar-refractivity contribution >= 4 is 23.4 Å². The van der Waals surface area contributed by atoms with Crippen molar-refractivity contribution in [3.63, 3.8) is 0 Å². The Morgan fingerprint density at radius 3 is 2.61 bits per heavy atom. The van der Waals surface area contributed by atoms with Crippen LogP contribution in [0.5, 0.6) is 0 Å². The zero-order valence-corrected chi connectivity index (χ0v) is 20.3. The summed E-state index contributed by atoms with van der Waals surface area (Å²) < 4.78 is 12.8. The molecule has 0 bridgehead atoms. The largest absolute Gasteiger partial charge is 0.462 e. The van der Waals surface area contributed by atoms with Crippen LogP contribution in [-0.2, 0) is 14.3 Å². The first-order valence-electron chi connectivity index (χ1n) is 13.0. The van der Waals surface area contributed by atoms with E-state index in [0.717, 1.165) is 63.5 Å². The predicted octanol–water partition coefficient (Wildman–Crippen LogP) is 5.20. The summed E-state index contributed by atoms with van der Waals surface area (Å²) in [7, 11) is 0. The summed E-state index contributed by atoms with van der Waals surface area (Å²) in [4.78, 5) is 28.8. The molecule has 33 heavy (non-hydrogen) atoms. The maximum atomic E-state index is 13.9. The Kier molecular flexibility index (Phi) is 8.23. The number of rotatable bonds is 6. The summed E-state index contributed by atoms with van der Waals surface area (Å²) in [5, 5.41) is 4.90. The molecule has 4 rings (SSSR count). The fraction of sp³-hybridized carbons (Fsp3) is 0.731. The molecule has 1 amide bonds. The Morgan fingerprint density at radius 2 is 1.88 bits per heavy atom. The van der Waals surface area contributed by atoms with Gasteiger partial charge in [0.1, 0.15) is 5.56 Å². The van der Waals surface area contributed by atoms with Crippen LogP contribution in [0.25, 0.3) is 5.70 Å². The summed E-state index contributed by atoms with van der Waals surface area (Å²) in [6.45, 7) is 5.60. The standard InChI is InChI=1S/C26H39N3O4/c1-3-33-26(31)23-18-28(21-8-6-4-5-7-9-21)27-24(23)29(22-14-16-32-17-15-22)25(30)20-12-10-19(2)11-13-20/h8,18-20,22H,3-7,9-17H2,1-2H3/t19-,20-. The second-order valence-corrected chi connectivity index (χ2v) is 9.83. The molecule has 7 nitrogen and oxygen atoms in total. The second-order valence-electron chi connectivity index (χ2n) is 9.83. The minimum Gasteiger partial charge on any atom is -0.462 e. The number of carbonyl (C=O) groups excluding carboxylic acids is 2. The molecule has 7 heteroatoms. The van der Waals surface area contributed by atoms with E-state index in [-0.39, 0.29) is 24.5 Å². The van der Waals surface area contributed by atoms with Crippen molar-refractivity contribution in [2.45, 2.75) is 90.5 Å². The molecule has 2 fully saturated rings. The van der Waals surface area contributed by atoms with E-state index in [9.17, 15) is 9.59 Å². The quantitative estimate of drug-likeness (QED) is 0.549. The van der Waals surface area contributed by atoms with Gasteiger partial charge in [-0.25, -0.2) is 9.48 Å². The lowest BCUT2D eigenvalue weighted by atomic mass is 9.82. The molecular weight excluding hydrogens is 418 g/mol. The molecule has 2 heterocycles. The van der Waals surface area contributed by atoms with Gasteiger partial charge in [0, 0.05) is 37.1 Å². The maximum Gasteiger partial charge on any atom is 0.343 e. The van der Waals surface area contributed by atoms with Crippen LogP contribution in [0.1, 0.15) is 94.8 Å². The average Bonchev–Trinajstić information content (AvgIpc) is 3.07. The van der Waals surface area contributed by atoms with E-state index in [2.05, 4.69) is 13.0 Å². The van der Waals surface area contributed by atoms with Gasteiger partial charge in [-0.15, -0.1) is 5.10 Å². The Balaban J connectivity index is 1.72. The number of allylic oxidation sites excluding steroid dienone is 2. The van der Waals surface area contributed by atoms with Gasteiger partial charge < -0.3 is 9.47 Å². The van der Waals surface area contributed by atoms with Gasteiger partial charge in [0.15, 0.2) is 5.82 Å². The lowest BCUT2D eigenvalue weighted by molar-refractivity contribution is -0.124. The minimum atomic E-state index is -0.407. The lowest BCUT2D eigenvalue weighted by Crippen LogP contribution is -2.47. The Bertz CT molecular complexity index is 848. The van der Waals surface area contributed by atoms with E-state index in [4.69, 9.17) is 14.6 Å². The van der Waals surface area contributed by atoms with Gasteiger partial charge in [0.05, 0.1) is 6.61 Å². The number of carbonyl (C=O) groups is 2. The molecule has 0 spiro atoms. The molecule has 1 saturated carbocycles. The van der Waals surface area contributed by atoms with Crippen molar-refractivity contribution in [2.24, 2.45) is 11.8 Å². The van der Waals surface area contributed by atoms with Gasteiger partial charge in [-0.2, -0.15) is 0 Å². The van der Waals surface area contributed by atoms with Crippen LogP contribution in [0.2, 0.25) is 0 Å². The summed E-state index contributed by atoms with van der Waals surface area (Å²) in [6, 6.07) is -0.00904. The maximum absolute atomic E-state index is 13.9. The van der Waals surface area contributed by atoms with E-state index >= 15 is 0 Å². The van der Waals surface area contributed by atoms with Gasteiger partial charge in [0.25, 0.3) is 0 Å². The molecular formula is C26H39N3O4. The highest BCUT2D eigenvalue weighted by Crippen LogP contribution is 2.35. The SMILES string of the molecule is CCOC(=O)c1cn(C2=CCCCCC2)nc1N(C(=O)[C@H]1CC[C@H](C)CC1)C1CCOCC1. The number of anilines is 1. The molecule has 182 valence electrons. The summed E-state index contributed by atoms with van der Waals surface area (Å²) in [6.07, 6.45) is 14.9. The fourth-order valence-electron chi connectivity index (χ4n) is 5.35. The first kappa shape index (κ1) is 24.0. The Hall–Kier alpha value is -2.15. The zero-order valence-electron chi connectivity index (χ0n) is 20.3. The zero-order chi connectivity index (χ0) is 23.2. The van der Waals surface area contributed by atoms with Crippen LogP contribution >= 0.6 is 0 Å². The molecule has 3 aliphatic rings. The molecule has 0 unspecified atom stereocenters. The van der Waals surface area contributed by atoms with Gasteiger partial charge in [-0.1, -0.05) is 19.4 Å². The normalized spacial score (nSPS) is 24.6. The monoisotopic (exact) mass is 457 g/mol. The highest BCUT2D eigenvalue weighted by atomic mass is 16.5. The topological polar surface area (TPSA) is 73.7 Å². The number of hydrogen-bond acceptors (Lipinski definition) is 5. The fourth-order valence-corrected chi connectivity index (χ4v) is 5.35. The molecule has 1 aromatic heterocycles. The van der Waals surface area contributed by atoms with E-state index in [1.807, 2.05) is 9.58 Å². The smallest absolute Gasteiger partial charge is 0.343 e. The van der Waals surface area contributed by atoms with Gasteiger partial charge in [0.2, 0.25) is 5.91 Å². The summed E-state index contributed by atoms with van der Waals surface area (Å²) in [5.41, 5.74) is 1.50. The molecule has 0 atom stereocenters. The van der Waals surface area contributed by atoms with Gasteiger partial charge >= 0.3 is 5.97 Å². The molecule has 1 aliphatic heterocycles. The summed E-state index contributed by atoms with van der Waals surface area (Å²) in [5.74, 6) is 0.826. The number of esters is 1. The Morgan fingerprint density at radius 1 is 1.12 bits per heavy atom. The van der Waals surface area contributed by atoms with Gasteiger partial charge in [-0.05, 0) is 77.0 Å². The van der Waals surface area contributed by atoms with E-state index in [1.165, 1.54) is 12.8 Å². The molecule has 0 radical (unpaired) electrons. The minimum absolute atomic E-state index is 0.00904. The van der Waals surface area contributed by atoms with E-state index in [1.54, 1.807) is 13.1 Å². The van der Waals surface area contributed by atoms with Crippen LogP contribution in [0.4, 0.5) is 5.82 Å². The number of amides is 1. The van der Waals surface area contributed by atoms with Crippen molar-refractivity contribution in [1.82, 2.24) is 9.78 Å². The second kappa shape index (κ2) is 11.3. The lowest BCUT2D eigenvalue weighted by Gasteiger charge is -2.37. The third-order valence-electron chi connectivity index (χ3n) is 7.39. The van der Waals surface area contributed by atoms with Gasteiger partial charge in [-0.3, -0.25) is 9.69 Å². The summed E-state index contributed by atoms with van der Waals surface area (Å²) >= 11 is 0. The molecule has 1 aromatic rings. The van der Waals surface area contributed by atoms with Crippen molar-refractivity contribution in [1.29, 1.82) is 0 Å². The number of nitrogens with zero attached hydrogens (tertiary/aromatic N) is 3. The molecule has 0 N–H and O–H groups in total. The highest BCUT2D eigenvalue weighted by Gasteiger charge is 2.37. The average molecular weight is 458 g/mol. The van der Waals surface area contributed by atoms with Crippen LogP contribution in [-0.4, -0.2) is 47.5 Å². The van der Waals surface area contributed by atoms with Crippen LogP contribution < -0.4 is 4.90 Å². The van der Waals surface area contributed by atoms with Crippen molar-refractivity contribution < 1.29 is 19.1 Å². The van der Waals surface area contributed by atoms with Crippen LogP contribution in [0.15, 0.2) is 12.3 Å². The number of ether oxygens (including phenoxy) is 2. The number of aromatic nitrogens is 2. The first-order chi connectivity index (χ1) is 16.1. The third kappa shape index (κ3) is 5.68. The molecule has 1 saturated heterocycles. The number of hydrogen-bond donors (Lipinski definition) is 0. The van der Waals surface area contributed by atoms with Crippen molar-refractivity contribution in [3.05, 3.63) is 17.8 Å². The predicted molar refractivity (Wildman–Crippen MR) is 128 cm³/mol. The molecule has 0 aromatic carbocycles. The highest BCUT2D eigenvalue weighted by molar-refractivity contribution is 6.02. The van der Waals surface area contributed by atoms with Crippen LogP contribution in [0, 0.1) is 11.8 Å². The van der Waals surface area contributed by atoms with Crippen molar-refractivity contribution in [3.8, 4) is 0 Å². The Labute approximate surface area is 197 Å². The third-order valence-corrected chi connectivity index (χ3v) is 7.39. The van der Waals surface area contributed by atoms with E-state index < -0.39 is 5.97 Å². The molecule has 2 aliphatic carbocycles. The first-order valence-corrected chi connectivity index (χ1v) is 13.0. The van der Waals surface area contributed by atoms with Crippen LogP contribution in [0.3, 0.4) is 0 Å².